The van der Waals surface area contributed by atoms with Crippen molar-refractivity contribution in [1.29, 1.82) is 0 Å². The predicted octanol–water partition coefficient (Wildman–Crippen LogP) is 7.11. The topological polar surface area (TPSA) is 88.2 Å². The van der Waals surface area contributed by atoms with E-state index in [0.29, 0.717) is 59.9 Å². The Kier molecular flexibility index (Phi) is 11.9. The second kappa shape index (κ2) is 16.5. The van der Waals surface area contributed by atoms with Crippen LogP contribution in [0.5, 0.6) is 5.75 Å². The number of nitrogens with zero attached hydrogens (tertiary/aromatic N) is 2. The molecule has 1 saturated carbocycles. The van der Waals surface area contributed by atoms with E-state index >= 15 is 0 Å². The Labute approximate surface area is 306 Å². The van der Waals surface area contributed by atoms with Crippen molar-refractivity contribution in [3.05, 3.63) is 104 Å². The number of rotatable bonds is 14. The van der Waals surface area contributed by atoms with Gasteiger partial charge in [0, 0.05) is 61.2 Å². The first-order chi connectivity index (χ1) is 24.2. The third-order valence-corrected chi connectivity index (χ3v) is 10.6. The van der Waals surface area contributed by atoms with Gasteiger partial charge in [0.1, 0.15) is 11.6 Å². The molecular formula is C39H42BrClFN3O5. The molecule has 6 rings (SSSR count). The van der Waals surface area contributed by atoms with Gasteiger partial charge in [-0.25, -0.2) is 4.39 Å². The SMILES string of the molecule is COC(=O)CCCC(=O)N1C[C@H]2CC(c3ccc(CCCOc4cc(F)ccc4Br)cc3)=C(C(=O)N(Cc3ccccc3Cl)C3CC3)[C@@H](C1)N2. The number of carbonyl (C=O) groups excluding carboxylic acids is 3. The number of esters is 1. The van der Waals surface area contributed by atoms with E-state index in [1.165, 1.54) is 19.2 Å². The molecule has 2 amide bonds. The first-order valence-corrected chi connectivity index (χ1v) is 18.4. The third-order valence-electron chi connectivity index (χ3n) is 9.60. The molecule has 264 valence electrons. The maximum atomic E-state index is 14.7. The Morgan fingerprint density at radius 3 is 2.54 bits per heavy atom. The van der Waals surface area contributed by atoms with Crippen LogP contribution in [0.2, 0.25) is 5.02 Å². The van der Waals surface area contributed by atoms with Crippen molar-refractivity contribution in [3.63, 3.8) is 0 Å². The Balaban J connectivity index is 1.22. The average molecular weight is 767 g/mol. The first kappa shape index (κ1) is 36.1. The quantitative estimate of drug-likeness (QED) is 0.139. The van der Waals surface area contributed by atoms with Crippen LogP contribution in [0.1, 0.15) is 61.6 Å². The number of carbonyl (C=O) groups is 3. The lowest BCUT2D eigenvalue weighted by Gasteiger charge is -2.45. The molecule has 0 aromatic heterocycles. The summed E-state index contributed by atoms with van der Waals surface area (Å²) in [6.45, 7) is 1.77. The van der Waals surface area contributed by atoms with Crippen molar-refractivity contribution < 1.29 is 28.2 Å². The monoisotopic (exact) mass is 765 g/mol. The largest absolute Gasteiger partial charge is 0.492 e. The minimum atomic E-state index is -0.341. The summed E-state index contributed by atoms with van der Waals surface area (Å²) < 4.78 is 24.9. The van der Waals surface area contributed by atoms with Crippen molar-refractivity contribution in [3.8, 4) is 5.75 Å². The highest BCUT2D eigenvalue weighted by atomic mass is 79.9. The Hall–Kier alpha value is -3.73. The van der Waals surface area contributed by atoms with Crippen LogP contribution >= 0.6 is 27.5 Å². The molecule has 2 fully saturated rings. The van der Waals surface area contributed by atoms with Crippen molar-refractivity contribution >= 4 is 50.9 Å². The molecule has 2 bridgehead atoms. The molecule has 2 atom stereocenters. The third kappa shape index (κ3) is 8.94. The Morgan fingerprint density at radius 1 is 1.02 bits per heavy atom. The van der Waals surface area contributed by atoms with Crippen LogP contribution in [0.3, 0.4) is 0 Å². The number of aryl methyl sites for hydroxylation is 1. The number of hydrogen-bond acceptors (Lipinski definition) is 6. The smallest absolute Gasteiger partial charge is 0.305 e. The van der Waals surface area contributed by atoms with Crippen molar-refractivity contribution in [2.75, 3.05) is 26.8 Å². The van der Waals surface area contributed by atoms with E-state index < -0.39 is 0 Å². The highest BCUT2D eigenvalue weighted by molar-refractivity contribution is 9.10. The summed E-state index contributed by atoms with van der Waals surface area (Å²) in [5.41, 5.74) is 4.76. The molecule has 1 aliphatic carbocycles. The van der Waals surface area contributed by atoms with Crippen LogP contribution in [0.15, 0.2) is 76.8 Å². The molecule has 3 aromatic rings. The molecule has 1 saturated heterocycles. The lowest BCUT2D eigenvalue weighted by Crippen LogP contribution is -2.62. The van der Waals surface area contributed by atoms with Gasteiger partial charge in [0.15, 0.2) is 0 Å². The van der Waals surface area contributed by atoms with Crippen LogP contribution in [-0.4, -0.2) is 72.5 Å². The molecule has 3 aromatic carbocycles. The van der Waals surface area contributed by atoms with Crippen molar-refractivity contribution in [2.45, 2.75) is 76.0 Å². The predicted molar refractivity (Wildman–Crippen MR) is 194 cm³/mol. The lowest BCUT2D eigenvalue weighted by molar-refractivity contribution is -0.141. The van der Waals surface area contributed by atoms with E-state index in [4.69, 9.17) is 21.1 Å². The maximum Gasteiger partial charge on any atom is 0.305 e. The normalized spacial score (nSPS) is 18.5. The summed E-state index contributed by atoms with van der Waals surface area (Å²) in [4.78, 5) is 43.5. The molecule has 0 spiro atoms. The van der Waals surface area contributed by atoms with Crippen molar-refractivity contribution in [1.82, 2.24) is 15.1 Å². The van der Waals surface area contributed by atoms with E-state index in [1.54, 1.807) is 6.07 Å². The zero-order valence-electron chi connectivity index (χ0n) is 28.1. The fourth-order valence-corrected chi connectivity index (χ4v) is 7.41. The molecule has 2 aliphatic heterocycles. The highest BCUT2D eigenvalue weighted by Gasteiger charge is 2.43. The van der Waals surface area contributed by atoms with Gasteiger partial charge in [-0.05, 0) is 94.9 Å². The molecule has 50 heavy (non-hydrogen) atoms. The average Bonchev–Trinajstić information content (AvgIpc) is 3.96. The van der Waals surface area contributed by atoms with Crippen LogP contribution in [-0.2, 0) is 32.1 Å². The fourth-order valence-electron chi connectivity index (χ4n) is 6.85. The number of ether oxygens (including phenoxy) is 2. The van der Waals surface area contributed by atoms with E-state index in [0.717, 1.165) is 47.9 Å². The number of nitrogens with one attached hydrogen (secondary N) is 1. The summed E-state index contributed by atoms with van der Waals surface area (Å²) in [6.07, 6.45) is 4.89. The number of hydrogen-bond donors (Lipinski definition) is 1. The Bertz CT molecular complexity index is 1750. The second-order valence-electron chi connectivity index (χ2n) is 13.2. The molecule has 3 aliphatic rings. The summed E-state index contributed by atoms with van der Waals surface area (Å²) in [5.74, 6) is -0.230. The number of benzene rings is 3. The molecule has 0 radical (unpaired) electrons. The molecule has 2 heterocycles. The standard InChI is InChI=1S/C39H42BrClFN3O5/c1-49-37(47)10-4-9-36(46)44-23-29-21-31(26-13-11-25(12-14-26)6-5-19-50-35-20-28(42)15-18-32(35)40)38(34(24-44)43-29)39(48)45(30-16-17-30)22-27-7-2-3-8-33(27)41/h2-3,7-8,11-15,18,20,29-30,34,43H,4-6,9-10,16-17,19,21-24H2,1H3/t29-,34-/m1/s1. The molecular weight excluding hydrogens is 725 g/mol. The zero-order valence-corrected chi connectivity index (χ0v) is 30.5. The molecule has 1 N–H and O–H groups in total. The maximum absolute atomic E-state index is 14.7. The van der Waals surface area contributed by atoms with Gasteiger partial charge in [0.05, 0.1) is 24.2 Å². The fraction of sp³-hybridized carbons (Fsp3) is 0.410. The summed E-state index contributed by atoms with van der Waals surface area (Å²) in [5, 5.41) is 4.30. The number of methoxy groups -OCH3 is 1. The zero-order chi connectivity index (χ0) is 35.2. The van der Waals surface area contributed by atoms with Crippen LogP contribution in [0, 0.1) is 5.82 Å². The number of fused-ring (bicyclic) bond motifs is 2. The van der Waals surface area contributed by atoms with Crippen LogP contribution < -0.4 is 10.1 Å². The minimum Gasteiger partial charge on any atom is -0.492 e. The van der Waals surface area contributed by atoms with Crippen molar-refractivity contribution in [2.24, 2.45) is 0 Å². The van der Waals surface area contributed by atoms with E-state index in [2.05, 4.69) is 45.5 Å². The van der Waals surface area contributed by atoms with Gasteiger partial charge in [-0.2, -0.15) is 0 Å². The van der Waals surface area contributed by atoms with Gasteiger partial charge >= 0.3 is 5.97 Å². The number of halogens is 3. The van der Waals surface area contributed by atoms with E-state index in [-0.39, 0.29) is 54.6 Å². The molecule has 8 nitrogen and oxygen atoms in total. The summed E-state index contributed by atoms with van der Waals surface area (Å²) in [6, 6.07) is 20.2. The van der Waals surface area contributed by atoms with Gasteiger partial charge in [-0.3, -0.25) is 14.4 Å². The van der Waals surface area contributed by atoms with Crippen LogP contribution in [0.4, 0.5) is 4.39 Å². The Morgan fingerprint density at radius 2 is 1.80 bits per heavy atom. The van der Waals surface area contributed by atoms with Crippen LogP contribution in [0.25, 0.3) is 5.57 Å². The van der Waals surface area contributed by atoms with Gasteiger partial charge in [0.2, 0.25) is 5.91 Å². The molecule has 11 heteroatoms. The summed E-state index contributed by atoms with van der Waals surface area (Å²) in [7, 11) is 1.35. The van der Waals surface area contributed by atoms with Gasteiger partial charge in [0.25, 0.3) is 5.91 Å². The second-order valence-corrected chi connectivity index (χ2v) is 14.5. The van der Waals surface area contributed by atoms with Gasteiger partial charge in [-0.1, -0.05) is 54.1 Å². The minimum absolute atomic E-state index is 0.0122. The molecule has 0 unspecified atom stereocenters. The number of piperazine rings is 1. The number of amides is 2. The van der Waals surface area contributed by atoms with Gasteiger partial charge in [-0.15, -0.1) is 0 Å². The lowest BCUT2D eigenvalue weighted by atomic mass is 9.82. The van der Waals surface area contributed by atoms with E-state index in [9.17, 15) is 18.8 Å². The summed E-state index contributed by atoms with van der Waals surface area (Å²) >= 11 is 9.97. The van der Waals surface area contributed by atoms with E-state index in [1.807, 2.05) is 34.1 Å². The highest BCUT2D eigenvalue weighted by Crippen LogP contribution is 2.38. The first-order valence-electron chi connectivity index (χ1n) is 17.3. The van der Waals surface area contributed by atoms with Gasteiger partial charge < -0.3 is 24.6 Å².